The maximum atomic E-state index is 10.8. The van der Waals surface area contributed by atoms with Crippen molar-refractivity contribution in [3.63, 3.8) is 0 Å². The first-order valence-electron chi connectivity index (χ1n) is 7.52. The van der Waals surface area contributed by atoms with Gasteiger partial charge >= 0.3 is 0 Å². The Morgan fingerprint density at radius 3 is 2.54 bits per heavy atom. The second kappa shape index (κ2) is 7.79. The van der Waals surface area contributed by atoms with Crippen LogP contribution in [-0.2, 0) is 0 Å². The van der Waals surface area contributed by atoms with Crippen LogP contribution in [0.4, 0.5) is 17.1 Å². The number of nitro groups is 1. The summed E-state index contributed by atoms with van der Waals surface area (Å²) in [6.07, 6.45) is 1.44. The van der Waals surface area contributed by atoms with E-state index in [0.29, 0.717) is 10.6 Å². The molecule has 0 heterocycles. The van der Waals surface area contributed by atoms with E-state index in [1.165, 1.54) is 24.4 Å². The summed E-state index contributed by atoms with van der Waals surface area (Å²) < 4.78 is 0. The zero-order chi connectivity index (χ0) is 17.7. The van der Waals surface area contributed by atoms with Gasteiger partial charge in [0, 0.05) is 48.8 Å². The quantitative estimate of drug-likeness (QED) is 0.472. The highest BCUT2D eigenvalue weighted by Gasteiger charge is 2.09. The highest BCUT2D eigenvalue weighted by molar-refractivity contribution is 6.33. The third kappa shape index (κ3) is 4.02. The van der Waals surface area contributed by atoms with E-state index >= 15 is 0 Å². The van der Waals surface area contributed by atoms with E-state index in [9.17, 15) is 15.2 Å². The minimum atomic E-state index is -0.508. The van der Waals surface area contributed by atoms with Gasteiger partial charge in [-0.05, 0) is 32.0 Å². The molecule has 2 aromatic rings. The van der Waals surface area contributed by atoms with Crippen molar-refractivity contribution in [1.29, 1.82) is 0 Å². The summed E-state index contributed by atoms with van der Waals surface area (Å²) >= 11 is 6.01. The maximum Gasteiger partial charge on any atom is 0.271 e. The van der Waals surface area contributed by atoms with Crippen LogP contribution in [0.25, 0.3) is 0 Å². The molecule has 126 valence electrons. The molecule has 0 saturated carbocycles. The smallest absolute Gasteiger partial charge is 0.271 e. The van der Waals surface area contributed by atoms with Crippen LogP contribution >= 0.6 is 11.6 Å². The number of rotatable bonds is 6. The van der Waals surface area contributed by atoms with Crippen LogP contribution < -0.4 is 4.90 Å². The van der Waals surface area contributed by atoms with Gasteiger partial charge in [0.2, 0.25) is 0 Å². The molecule has 0 aromatic heterocycles. The topological polar surface area (TPSA) is 79.0 Å². The van der Waals surface area contributed by atoms with Gasteiger partial charge in [0.25, 0.3) is 5.69 Å². The summed E-state index contributed by atoms with van der Waals surface area (Å²) in [5.74, 6) is 0.0877. The SMILES string of the molecule is CCN(CC)c1ccc(C=Nc2cc([N+](=O)[O-])ccc2Cl)c(O)c1. The third-order valence-corrected chi connectivity index (χ3v) is 3.95. The van der Waals surface area contributed by atoms with Crippen molar-refractivity contribution in [3.05, 3.63) is 57.1 Å². The first-order valence-corrected chi connectivity index (χ1v) is 7.90. The van der Waals surface area contributed by atoms with Crippen LogP contribution in [0.1, 0.15) is 19.4 Å². The van der Waals surface area contributed by atoms with Gasteiger partial charge in [0.15, 0.2) is 0 Å². The van der Waals surface area contributed by atoms with Crippen molar-refractivity contribution in [1.82, 2.24) is 0 Å². The summed E-state index contributed by atoms with van der Waals surface area (Å²) in [5.41, 5.74) is 1.61. The molecule has 0 amide bonds. The Morgan fingerprint density at radius 2 is 1.96 bits per heavy atom. The zero-order valence-corrected chi connectivity index (χ0v) is 14.2. The standard InChI is InChI=1S/C17H18ClN3O3/c1-3-20(4-2)13-6-5-12(17(22)10-13)11-19-16-9-14(21(23)24)7-8-15(16)18/h5-11,22H,3-4H2,1-2H3. The van der Waals surface area contributed by atoms with Gasteiger partial charge in [-0.1, -0.05) is 11.6 Å². The third-order valence-electron chi connectivity index (χ3n) is 3.63. The van der Waals surface area contributed by atoms with Crippen LogP contribution in [0.3, 0.4) is 0 Å². The number of benzene rings is 2. The van der Waals surface area contributed by atoms with Crippen molar-refractivity contribution < 1.29 is 10.0 Å². The molecule has 1 N–H and O–H groups in total. The van der Waals surface area contributed by atoms with Crippen LogP contribution in [-0.4, -0.2) is 29.3 Å². The van der Waals surface area contributed by atoms with Gasteiger partial charge in [-0.15, -0.1) is 0 Å². The van der Waals surface area contributed by atoms with Crippen molar-refractivity contribution in [3.8, 4) is 5.75 Å². The van der Waals surface area contributed by atoms with Gasteiger partial charge in [-0.3, -0.25) is 15.1 Å². The molecule has 0 aliphatic carbocycles. The molecule has 7 heteroatoms. The molecule has 0 bridgehead atoms. The highest BCUT2D eigenvalue weighted by Crippen LogP contribution is 2.30. The number of hydrogen-bond donors (Lipinski definition) is 1. The number of hydrogen-bond acceptors (Lipinski definition) is 5. The molecule has 0 aliphatic rings. The van der Waals surface area contributed by atoms with Crippen molar-refractivity contribution in [2.75, 3.05) is 18.0 Å². The van der Waals surface area contributed by atoms with Crippen LogP contribution in [0.15, 0.2) is 41.4 Å². The lowest BCUT2D eigenvalue weighted by Crippen LogP contribution is -2.21. The highest BCUT2D eigenvalue weighted by atomic mass is 35.5. The molecule has 0 fully saturated rings. The summed E-state index contributed by atoms with van der Waals surface area (Å²) in [6, 6.07) is 9.35. The lowest BCUT2D eigenvalue weighted by atomic mass is 10.1. The van der Waals surface area contributed by atoms with Gasteiger partial charge in [0.05, 0.1) is 15.6 Å². The first kappa shape index (κ1) is 17.7. The maximum absolute atomic E-state index is 10.8. The molecule has 2 aromatic carbocycles. The van der Waals surface area contributed by atoms with Gasteiger partial charge in [-0.25, -0.2) is 0 Å². The van der Waals surface area contributed by atoms with Gasteiger partial charge < -0.3 is 10.0 Å². The molecule has 24 heavy (non-hydrogen) atoms. The Hall–Kier alpha value is -2.60. The number of non-ortho nitro benzene ring substituents is 1. The predicted octanol–water partition coefficient (Wildman–Crippen LogP) is 4.55. The Balaban J connectivity index is 2.29. The van der Waals surface area contributed by atoms with Gasteiger partial charge in [-0.2, -0.15) is 0 Å². The number of phenolic OH excluding ortho intramolecular Hbond substituents is 1. The van der Waals surface area contributed by atoms with Crippen molar-refractivity contribution in [2.24, 2.45) is 4.99 Å². The summed E-state index contributed by atoms with van der Waals surface area (Å²) in [6.45, 7) is 5.76. The average molecular weight is 348 g/mol. The van der Waals surface area contributed by atoms with Crippen LogP contribution in [0, 0.1) is 10.1 Å². The van der Waals surface area contributed by atoms with E-state index in [1.807, 2.05) is 19.9 Å². The molecule has 0 aliphatic heterocycles. The number of aromatic hydroxyl groups is 1. The lowest BCUT2D eigenvalue weighted by molar-refractivity contribution is -0.384. The molecule has 0 unspecified atom stereocenters. The van der Waals surface area contributed by atoms with Crippen molar-refractivity contribution >= 4 is 34.9 Å². The minimum Gasteiger partial charge on any atom is -0.507 e. The number of nitrogens with zero attached hydrogens (tertiary/aromatic N) is 3. The number of phenols is 1. The van der Waals surface area contributed by atoms with Crippen LogP contribution in [0.5, 0.6) is 5.75 Å². The second-order valence-corrected chi connectivity index (χ2v) is 5.47. The van der Waals surface area contributed by atoms with Crippen LogP contribution in [0.2, 0.25) is 5.02 Å². The normalized spacial score (nSPS) is 11.0. The van der Waals surface area contributed by atoms with E-state index in [0.717, 1.165) is 18.8 Å². The summed E-state index contributed by atoms with van der Waals surface area (Å²) in [5, 5.41) is 21.3. The number of anilines is 1. The molecule has 0 saturated heterocycles. The molecule has 2 rings (SSSR count). The fourth-order valence-corrected chi connectivity index (χ4v) is 2.45. The van der Waals surface area contributed by atoms with E-state index in [2.05, 4.69) is 9.89 Å². The monoisotopic (exact) mass is 347 g/mol. The Kier molecular flexibility index (Phi) is 5.76. The largest absolute Gasteiger partial charge is 0.507 e. The minimum absolute atomic E-state index is 0.0877. The van der Waals surface area contributed by atoms with Crippen molar-refractivity contribution in [2.45, 2.75) is 13.8 Å². The molecular weight excluding hydrogens is 330 g/mol. The molecule has 0 atom stereocenters. The predicted molar refractivity (Wildman–Crippen MR) is 97.0 cm³/mol. The zero-order valence-electron chi connectivity index (χ0n) is 13.4. The Labute approximate surface area is 145 Å². The molecule has 0 radical (unpaired) electrons. The Bertz CT molecular complexity index is 774. The van der Waals surface area contributed by atoms with Gasteiger partial charge in [0.1, 0.15) is 5.75 Å². The van der Waals surface area contributed by atoms with E-state index in [-0.39, 0.29) is 17.1 Å². The molecular formula is C17H18ClN3O3. The fourth-order valence-electron chi connectivity index (χ4n) is 2.28. The number of aliphatic imine (C=N–C) groups is 1. The molecule has 6 nitrogen and oxygen atoms in total. The van der Waals surface area contributed by atoms with E-state index < -0.39 is 4.92 Å². The summed E-state index contributed by atoms with van der Waals surface area (Å²) in [7, 11) is 0. The fraction of sp³-hybridized carbons (Fsp3) is 0.235. The lowest BCUT2D eigenvalue weighted by Gasteiger charge is -2.21. The molecule has 0 spiro atoms. The second-order valence-electron chi connectivity index (χ2n) is 5.07. The van der Waals surface area contributed by atoms with E-state index in [4.69, 9.17) is 11.6 Å². The Morgan fingerprint density at radius 1 is 1.25 bits per heavy atom. The summed E-state index contributed by atoms with van der Waals surface area (Å²) in [4.78, 5) is 16.6. The van der Waals surface area contributed by atoms with E-state index in [1.54, 1.807) is 12.1 Å². The number of nitro benzene ring substituents is 1. The first-order chi connectivity index (χ1) is 11.5. The number of halogens is 1. The average Bonchev–Trinajstić information content (AvgIpc) is 2.56.